The Morgan fingerprint density at radius 2 is 2.42 bits per heavy atom. The summed E-state index contributed by atoms with van der Waals surface area (Å²) in [6, 6.07) is 3.13. The quantitative estimate of drug-likeness (QED) is 0.439. The normalized spacial score (nSPS) is 9.00. The molecule has 0 aliphatic rings. The van der Waals surface area contributed by atoms with E-state index in [-0.39, 0.29) is 11.1 Å². The van der Waals surface area contributed by atoms with Gasteiger partial charge in [0.15, 0.2) is 5.78 Å². The summed E-state index contributed by atoms with van der Waals surface area (Å²) in [7, 11) is 0. The molecule has 0 amide bonds. The molecule has 1 rings (SSSR count). The number of halogens is 1. The number of alkyl halides is 1. The molecule has 0 radical (unpaired) electrons. The number of carbonyl (C=O) groups is 1. The first-order chi connectivity index (χ1) is 5.77. The number of Topliss-reactive ketones (excluding diaryl/α,β-unsaturated/α-hetero) is 1. The zero-order valence-electron chi connectivity index (χ0n) is 6.12. The third kappa shape index (κ3) is 1.89. The van der Waals surface area contributed by atoms with Crippen LogP contribution < -0.4 is 0 Å². The van der Waals surface area contributed by atoms with Crippen molar-refractivity contribution in [3.8, 4) is 0 Å². The van der Waals surface area contributed by atoms with Gasteiger partial charge in [0.2, 0.25) is 5.69 Å². The molecule has 0 spiro atoms. The first-order valence-electron chi connectivity index (χ1n) is 3.20. The minimum absolute atomic E-state index is 0.0773. The summed E-state index contributed by atoms with van der Waals surface area (Å²) in [5.41, 5.74) is 0.834. The summed E-state index contributed by atoms with van der Waals surface area (Å²) >= 11 is 3.04. The number of hydrogen-bond donors (Lipinski definition) is 0. The maximum absolute atomic E-state index is 11.0. The van der Waals surface area contributed by atoms with Gasteiger partial charge in [-0.2, -0.15) is 0 Å². The van der Waals surface area contributed by atoms with Crippen LogP contribution in [0.2, 0.25) is 0 Å². The van der Waals surface area contributed by atoms with Crippen molar-refractivity contribution >= 4 is 27.4 Å². The van der Waals surface area contributed by atoms with Crippen LogP contribution in [0.25, 0.3) is 4.85 Å². The van der Waals surface area contributed by atoms with E-state index in [4.69, 9.17) is 6.57 Å². The molecule has 60 valence electrons. The molecule has 1 aromatic heterocycles. The number of pyridine rings is 1. The number of nitrogens with zero attached hydrogens (tertiary/aromatic N) is 2. The smallest absolute Gasteiger partial charge is 0.205 e. The van der Waals surface area contributed by atoms with Crippen LogP contribution in [-0.4, -0.2) is 16.1 Å². The van der Waals surface area contributed by atoms with Crippen molar-refractivity contribution in [2.75, 3.05) is 5.33 Å². The Balaban J connectivity index is 2.94. The minimum Gasteiger partial charge on any atom is -0.292 e. The van der Waals surface area contributed by atoms with E-state index < -0.39 is 0 Å². The van der Waals surface area contributed by atoms with Crippen LogP contribution in [0.3, 0.4) is 0 Å². The molecule has 4 heteroatoms. The van der Waals surface area contributed by atoms with Crippen LogP contribution in [0.5, 0.6) is 0 Å². The second kappa shape index (κ2) is 3.98. The molecular formula is C8H5BrN2O. The Bertz CT molecular complexity index is 326. The van der Waals surface area contributed by atoms with Gasteiger partial charge in [0.25, 0.3) is 0 Å². The van der Waals surface area contributed by atoms with E-state index in [1.165, 1.54) is 6.20 Å². The minimum atomic E-state index is -0.0773. The highest BCUT2D eigenvalue weighted by Gasteiger charge is 2.03. The lowest BCUT2D eigenvalue weighted by Gasteiger charge is -1.94. The van der Waals surface area contributed by atoms with Crippen LogP contribution in [-0.2, 0) is 0 Å². The predicted octanol–water partition coefficient (Wildman–Crippen LogP) is 2.21. The van der Waals surface area contributed by atoms with Crippen molar-refractivity contribution in [3.05, 3.63) is 35.4 Å². The van der Waals surface area contributed by atoms with E-state index in [2.05, 4.69) is 25.8 Å². The Kier molecular flexibility index (Phi) is 2.94. The van der Waals surface area contributed by atoms with Crippen molar-refractivity contribution in [1.29, 1.82) is 0 Å². The second-order valence-electron chi connectivity index (χ2n) is 2.07. The third-order valence-corrected chi connectivity index (χ3v) is 1.79. The van der Waals surface area contributed by atoms with E-state index in [0.717, 1.165) is 0 Å². The summed E-state index contributed by atoms with van der Waals surface area (Å²) in [4.78, 5) is 18.0. The average molecular weight is 225 g/mol. The molecule has 0 atom stereocenters. The fourth-order valence-electron chi connectivity index (χ4n) is 0.686. The molecule has 1 aromatic rings. The monoisotopic (exact) mass is 224 g/mol. The van der Waals surface area contributed by atoms with Gasteiger partial charge in [-0.25, -0.2) is 4.85 Å². The molecule has 0 N–H and O–H groups in total. The lowest BCUT2D eigenvalue weighted by Crippen LogP contribution is -2.01. The van der Waals surface area contributed by atoms with Crippen LogP contribution in [0.4, 0.5) is 5.69 Å². The average Bonchev–Trinajstić information content (AvgIpc) is 2.17. The Morgan fingerprint density at radius 1 is 1.67 bits per heavy atom. The van der Waals surface area contributed by atoms with Crippen LogP contribution >= 0.6 is 15.9 Å². The molecule has 0 fully saturated rings. The van der Waals surface area contributed by atoms with Crippen LogP contribution in [0.15, 0.2) is 18.3 Å². The van der Waals surface area contributed by atoms with E-state index in [1.54, 1.807) is 12.1 Å². The van der Waals surface area contributed by atoms with Gasteiger partial charge in [0.1, 0.15) is 5.69 Å². The second-order valence-corrected chi connectivity index (χ2v) is 2.63. The summed E-state index contributed by atoms with van der Waals surface area (Å²) in [5.74, 6) is -0.0773. The molecule has 3 nitrogen and oxygen atoms in total. The molecular weight excluding hydrogens is 220 g/mol. The third-order valence-electron chi connectivity index (χ3n) is 1.28. The zero-order valence-corrected chi connectivity index (χ0v) is 7.71. The van der Waals surface area contributed by atoms with Crippen molar-refractivity contribution in [3.63, 3.8) is 0 Å². The standard InChI is InChI=1S/C8H5BrN2O/c1-10-6-2-3-7(11-5-6)8(12)4-9/h2-3,5H,4H2. The van der Waals surface area contributed by atoms with Gasteiger partial charge >= 0.3 is 0 Å². The highest BCUT2D eigenvalue weighted by molar-refractivity contribution is 9.09. The van der Waals surface area contributed by atoms with Gasteiger partial charge in [-0.05, 0) is 6.07 Å². The Labute approximate surface area is 78.4 Å². The van der Waals surface area contributed by atoms with Gasteiger partial charge < -0.3 is 0 Å². The summed E-state index contributed by atoms with van der Waals surface area (Å²) in [6.07, 6.45) is 1.39. The molecule has 0 aliphatic carbocycles. The highest BCUT2D eigenvalue weighted by atomic mass is 79.9. The maximum atomic E-state index is 11.0. The SMILES string of the molecule is [C-]#[N+]c1ccc(C(=O)CBr)nc1. The van der Waals surface area contributed by atoms with Crippen molar-refractivity contribution in [1.82, 2.24) is 4.98 Å². The lowest BCUT2D eigenvalue weighted by molar-refractivity contribution is 0.101. The molecule has 0 unspecified atom stereocenters. The van der Waals surface area contributed by atoms with Gasteiger partial charge in [-0.15, -0.1) is 0 Å². The van der Waals surface area contributed by atoms with Crippen molar-refractivity contribution < 1.29 is 4.79 Å². The molecule has 12 heavy (non-hydrogen) atoms. The number of aromatic nitrogens is 1. The topological polar surface area (TPSA) is 34.3 Å². The number of carbonyl (C=O) groups excluding carboxylic acids is 1. The van der Waals surface area contributed by atoms with Gasteiger partial charge in [-0.1, -0.05) is 22.0 Å². The summed E-state index contributed by atoms with van der Waals surface area (Å²) < 4.78 is 0. The van der Waals surface area contributed by atoms with E-state index in [9.17, 15) is 4.79 Å². The zero-order chi connectivity index (χ0) is 8.97. The van der Waals surface area contributed by atoms with Gasteiger partial charge in [0, 0.05) is 6.20 Å². The summed E-state index contributed by atoms with van der Waals surface area (Å²) in [5, 5.41) is 0.261. The van der Waals surface area contributed by atoms with Gasteiger partial charge in [-0.3, -0.25) is 9.78 Å². The number of rotatable bonds is 2. The lowest BCUT2D eigenvalue weighted by atomic mass is 10.3. The van der Waals surface area contributed by atoms with Crippen molar-refractivity contribution in [2.45, 2.75) is 0 Å². The highest BCUT2D eigenvalue weighted by Crippen LogP contribution is 2.10. The Hall–Kier alpha value is -1.21. The Morgan fingerprint density at radius 3 is 2.83 bits per heavy atom. The van der Waals surface area contributed by atoms with Gasteiger partial charge in [0.05, 0.1) is 11.9 Å². The first kappa shape index (κ1) is 8.88. The fraction of sp³-hybridized carbons (Fsp3) is 0.125. The molecule has 1 heterocycles. The molecule has 0 saturated carbocycles. The molecule has 0 aromatic carbocycles. The maximum Gasteiger partial charge on any atom is 0.205 e. The first-order valence-corrected chi connectivity index (χ1v) is 4.32. The van der Waals surface area contributed by atoms with E-state index in [1.807, 2.05) is 0 Å². The predicted molar refractivity (Wildman–Crippen MR) is 48.6 cm³/mol. The molecule has 0 saturated heterocycles. The largest absolute Gasteiger partial charge is 0.292 e. The molecule has 0 bridgehead atoms. The van der Waals surface area contributed by atoms with Crippen LogP contribution in [0.1, 0.15) is 10.5 Å². The van der Waals surface area contributed by atoms with E-state index >= 15 is 0 Å². The number of ketones is 1. The van der Waals surface area contributed by atoms with Crippen LogP contribution in [0, 0.1) is 6.57 Å². The van der Waals surface area contributed by atoms with Crippen molar-refractivity contribution in [2.24, 2.45) is 0 Å². The summed E-state index contributed by atoms with van der Waals surface area (Å²) in [6.45, 7) is 6.66. The molecule has 0 aliphatic heterocycles. The van der Waals surface area contributed by atoms with E-state index in [0.29, 0.717) is 11.4 Å². The fourth-order valence-corrected chi connectivity index (χ4v) is 0.973. The number of hydrogen-bond acceptors (Lipinski definition) is 2.